The molecule has 1 heterocycles. The molecule has 1 aromatic rings. The second-order valence-electron chi connectivity index (χ2n) is 5.94. The molecule has 1 fully saturated rings. The van der Waals surface area contributed by atoms with Crippen LogP contribution in [0.4, 0.5) is 0 Å². The van der Waals surface area contributed by atoms with Gasteiger partial charge in [-0.15, -0.1) is 0 Å². The smallest absolute Gasteiger partial charge is 0.260 e. The van der Waals surface area contributed by atoms with Gasteiger partial charge in [0.05, 0.1) is 0 Å². The molecule has 0 radical (unpaired) electrons. The molecular formula is C13H24N4O2S. The lowest BCUT2D eigenvalue weighted by Gasteiger charge is -2.11. The van der Waals surface area contributed by atoms with Crippen LogP contribution in [0, 0.1) is 12.3 Å². The molecule has 0 aliphatic heterocycles. The number of H-pyrrole nitrogens is 1. The molecule has 1 saturated carbocycles. The van der Waals surface area contributed by atoms with Crippen molar-refractivity contribution in [3.05, 3.63) is 11.3 Å². The fourth-order valence-corrected chi connectivity index (χ4v) is 3.37. The van der Waals surface area contributed by atoms with Crippen molar-refractivity contribution in [2.24, 2.45) is 5.41 Å². The van der Waals surface area contributed by atoms with Gasteiger partial charge >= 0.3 is 0 Å². The third-order valence-electron chi connectivity index (χ3n) is 3.81. The summed E-state index contributed by atoms with van der Waals surface area (Å²) in [6.07, 6.45) is 3.18. The van der Waals surface area contributed by atoms with Gasteiger partial charge in [-0.3, -0.25) is 5.10 Å². The van der Waals surface area contributed by atoms with E-state index in [1.165, 1.54) is 0 Å². The number of aromatic nitrogens is 2. The highest BCUT2D eigenvalue weighted by Gasteiger charge is 2.38. The molecule has 1 aliphatic carbocycles. The number of aromatic amines is 1. The molecule has 0 saturated heterocycles. The van der Waals surface area contributed by atoms with Crippen molar-refractivity contribution < 1.29 is 8.42 Å². The van der Waals surface area contributed by atoms with Crippen LogP contribution in [-0.2, 0) is 16.6 Å². The summed E-state index contributed by atoms with van der Waals surface area (Å²) < 4.78 is 27.4. The van der Waals surface area contributed by atoms with E-state index in [0.717, 1.165) is 37.1 Å². The van der Waals surface area contributed by atoms with E-state index in [4.69, 9.17) is 0 Å². The van der Waals surface area contributed by atoms with Gasteiger partial charge in [0.1, 0.15) is 0 Å². The van der Waals surface area contributed by atoms with E-state index in [9.17, 15) is 8.42 Å². The first-order chi connectivity index (χ1) is 9.38. The molecule has 0 amide bonds. The van der Waals surface area contributed by atoms with Crippen LogP contribution < -0.4 is 10.0 Å². The van der Waals surface area contributed by atoms with Gasteiger partial charge in [0.2, 0.25) is 0 Å². The Morgan fingerprint density at radius 3 is 2.70 bits per heavy atom. The molecule has 0 aromatic carbocycles. The highest BCUT2D eigenvalue weighted by molar-refractivity contribution is 7.89. The third kappa shape index (κ3) is 3.59. The number of hydrogen-bond acceptors (Lipinski definition) is 4. The SMILES string of the molecule is CCCNCc1c(S(=O)(=O)NCC2(C)CC2)n[nH]c1C. The summed E-state index contributed by atoms with van der Waals surface area (Å²) in [5.41, 5.74) is 1.66. The first-order valence-electron chi connectivity index (χ1n) is 7.12. The van der Waals surface area contributed by atoms with Gasteiger partial charge in [-0.05, 0) is 38.1 Å². The van der Waals surface area contributed by atoms with Crippen LogP contribution >= 0.6 is 0 Å². The van der Waals surface area contributed by atoms with Crippen LogP contribution in [-0.4, -0.2) is 31.7 Å². The molecular weight excluding hydrogens is 276 g/mol. The Morgan fingerprint density at radius 1 is 1.40 bits per heavy atom. The van der Waals surface area contributed by atoms with E-state index in [0.29, 0.717) is 13.1 Å². The molecule has 2 rings (SSSR count). The Hall–Kier alpha value is -0.920. The minimum Gasteiger partial charge on any atom is -0.313 e. The van der Waals surface area contributed by atoms with Crippen molar-refractivity contribution in [1.82, 2.24) is 20.2 Å². The Balaban J connectivity index is 2.09. The molecule has 1 aliphatic rings. The zero-order chi connectivity index (χ0) is 14.8. The Bertz CT molecular complexity index is 561. The fourth-order valence-electron chi connectivity index (χ4n) is 1.98. The van der Waals surface area contributed by atoms with Crippen molar-refractivity contribution >= 4 is 10.0 Å². The largest absolute Gasteiger partial charge is 0.313 e. The van der Waals surface area contributed by atoms with Crippen molar-refractivity contribution in [2.45, 2.75) is 51.6 Å². The predicted molar refractivity (Wildman–Crippen MR) is 77.9 cm³/mol. The van der Waals surface area contributed by atoms with Gasteiger partial charge in [-0.2, -0.15) is 5.10 Å². The lowest BCUT2D eigenvalue weighted by molar-refractivity contribution is 0.527. The van der Waals surface area contributed by atoms with Crippen LogP contribution in [0.25, 0.3) is 0 Å². The monoisotopic (exact) mass is 300 g/mol. The maximum Gasteiger partial charge on any atom is 0.260 e. The molecule has 0 atom stereocenters. The molecule has 1 aromatic heterocycles. The van der Waals surface area contributed by atoms with Gasteiger partial charge in [-0.1, -0.05) is 13.8 Å². The lowest BCUT2D eigenvalue weighted by Crippen LogP contribution is -2.30. The Labute approximate surface area is 120 Å². The van der Waals surface area contributed by atoms with E-state index in [2.05, 4.69) is 34.1 Å². The van der Waals surface area contributed by atoms with Gasteiger partial charge < -0.3 is 5.32 Å². The van der Waals surface area contributed by atoms with Gasteiger partial charge in [0, 0.05) is 24.3 Å². The lowest BCUT2D eigenvalue weighted by atomic mass is 10.2. The van der Waals surface area contributed by atoms with Gasteiger partial charge in [-0.25, -0.2) is 13.1 Å². The first kappa shape index (κ1) is 15.5. The van der Waals surface area contributed by atoms with Crippen LogP contribution in [0.15, 0.2) is 5.03 Å². The van der Waals surface area contributed by atoms with Crippen molar-refractivity contribution in [1.29, 1.82) is 0 Å². The van der Waals surface area contributed by atoms with Crippen molar-refractivity contribution in [3.63, 3.8) is 0 Å². The summed E-state index contributed by atoms with van der Waals surface area (Å²) in [5, 5.41) is 10.1. The summed E-state index contributed by atoms with van der Waals surface area (Å²) >= 11 is 0. The number of nitrogens with zero attached hydrogens (tertiary/aromatic N) is 1. The number of sulfonamides is 1. The van der Waals surface area contributed by atoms with Crippen LogP contribution in [0.1, 0.15) is 44.4 Å². The number of hydrogen-bond donors (Lipinski definition) is 3. The maximum atomic E-state index is 12.4. The maximum absolute atomic E-state index is 12.4. The zero-order valence-electron chi connectivity index (χ0n) is 12.4. The summed E-state index contributed by atoms with van der Waals surface area (Å²) in [5.74, 6) is 0. The highest BCUT2D eigenvalue weighted by atomic mass is 32.2. The van der Waals surface area contributed by atoms with Crippen LogP contribution in [0.2, 0.25) is 0 Å². The average Bonchev–Trinajstić information content (AvgIpc) is 3.01. The van der Waals surface area contributed by atoms with Crippen molar-refractivity contribution in [3.8, 4) is 0 Å². The third-order valence-corrected chi connectivity index (χ3v) is 5.18. The number of nitrogens with one attached hydrogen (secondary N) is 3. The topological polar surface area (TPSA) is 86.9 Å². The molecule has 20 heavy (non-hydrogen) atoms. The molecule has 114 valence electrons. The van der Waals surface area contributed by atoms with E-state index in [1.54, 1.807) is 0 Å². The normalized spacial score (nSPS) is 17.4. The second kappa shape index (κ2) is 5.83. The minimum absolute atomic E-state index is 0.128. The summed E-state index contributed by atoms with van der Waals surface area (Å²) in [6.45, 7) is 7.87. The Kier molecular flexibility index (Phi) is 4.51. The second-order valence-corrected chi connectivity index (χ2v) is 7.63. The molecule has 0 bridgehead atoms. The predicted octanol–water partition coefficient (Wildman–Crippen LogP) is 1.30. The van der Waals surface area contributed by atoms with Gasteiger partial charge in [0.25, 0.3) is 10.0 Å². The molecule has 3 N–H and O–H groups in total. The Morgan fingerprint density at radius 2 is 2.10 bits per heavy atom. The van der Waals surface area contributed by atoms with Crippen LogP contribution in [0.3, 0.4) is 0 Å². The van der Waals surface area contributed by atoms with Crippen LogP contribution in [0.5, 0.6) is 0 Å². The summed E-state index contributed by atoms with van der Waals surface area (Å²) in [6, 6.07) is 0. The van der Waals surface area contributed by atoms with E-state index in [-0.39, 0.29) is 10.4 Å². The zero-order valence-corrected chi connectivity index (χ0v) is 13.2. The number of rotatable bonds is 8. The van der Waals surface area contributed by atoms with Gasteiger partial charge in [0.15, 0.2) is 5.03 Å². The standard InChI is InChI=1S/C13H24N4O2S/c1-4-7-14-8-11-10(2)16-17-12(11)20(18,19)15-9-13(3)5-6-13/h14-15H,4-9H2,1-3H3,(H,16,17). The number of aryl methyl sites for hydroxylation is 1. The van der Waals surface area contributed by atoms with E-state index < -0.39 is 10.0 Å². The molecule has 6 nitrogen and oxygen atoms in total. The average molecular weight is 300 g/mol. The highest BCUT2D eigenvalue weighted by Crippen LogP contribution is 2.44. The minimum atomic E-state index is -3.53. The summed E-state index contributed by atoms with van der Waals surface area (Å²) in [7, 11) is -3.53. The first-order valence-corrected chi connectivity index (χ1v) is 8.60. The fraction of sp³-hybridized carbons (Fsp3) is 0.769. The van der Waals surface area contributed by atoms with E-state index in [1.807, 2.05) is 6.92 Å². The van der Waals surface area contributed by atoms with E-state index >= 15 is 0 Å². The molecule has 0 unspecified atom stereocenters. The quantitative estimate of drug-likeness (QED) is 0.632. The molecule has 0 spiro atoms. The molecule has 7 heteroatoms. The summed E-state index contributed by atoms with van der Waals surface area (Å²) in [4.78, 5) is 0. The van der Waals surface area contributed by atoms with Crippen molar-refractivity contribution in [2.75, 3.05) is 13.1 Å².